The fraction of sp³-hybridized carbons (Fsp3) is 0.600. The van der Waals surface area contributed by atoms with Gasteiger partial charge in [-0.15, -0.1) is 0 Å². The van der Waals surface area contributed by atoms with Gasteiger partial charge in [0.25, 0.3) is 0 Å². The predicted octanol–water partition coefficient (Wildman–Crippen LogP) is 2.49. The maximum Gasteiger partial charge on any atom is 0.244 e. The second kappa shape index (κ2) is 9.11. The Kier molecular flexibility index (Phi) is 6.59. The first-order valence-corrected chi connectivity index (χ1v) is 9.42. The van der Waals surface area contributed by atoms with Gasteiger partial charge in [-0.2, -0.15) is 0 Å². The molecule has 0 spiro atoms. The number of hydrogen-bond donors (Lipinski definition) is 1. The maximum atomic E-state index is 12.2. The van der Waals surface area contributed by atoms with Crippen LogP contribution >= 0.6 is 0 Å². The van der Waals surface area contributed by atoms with Crippen LogP contribution < -0.4 is 5.32 Å². The van der Waals surface area contributed by atoms with E-state index in [-0.39, 0.29) is 11.3 Å². The summed E-state index contributed by atoms with van der Waals surface area (Å²) in [6.07, 6.45) is 13.2. The maximum absolute atomic E-state index is 12.2. The smallest absolute Gasteiger partial charge is 0.244 e. The van der Waals surface area contributed by atoms with Crippen LogP contribution in [0.3, 0.4) is 0 Å². The molecule has 1 saturated heterocycles. The quantitative estimate of drug-likeness (QED) is 0.807. The minimum atomic E-state index is -0.0178. The highest BCUT2D eigenvalue weighted by Gasteiger charge is 2.34. The molecule has 1 aliphatic carbocycles. The molecule has 1 aromatic rings. The zero-order valence-corrected chi connectivity index (χ0v) is 15.0. The molecule has 0 bridgehead atoms. The van der Waals surface area contributed by atoms with Crippen molar-refractivity contribution in [3.05, 3.63) is 36.2 Å². The molecule has 1 saturated carbocycles. The summed E-state index contributed by atoms with van der Waals surface area (Å²) in [7, 11) is 0. The third kappa shape index (κ3) is 5.65. The summed E-state index contributed by atoms with van der Waals surface area (Å²) in [6, 6.07) is 3.81. The molecule has 2 aliphatic rings. The van der Waals surface area contributed by atoms with Crippen molar-refractivity contribution in [2.75, 3.05) is 39.4 Å². The normalized spacial score (nSPS) is 21.3. The first-order chi connectivity index (χ1) is 12.3. The molecule has 2 heterocycles. The number of rotatable bonds is 6. The van der Waals surface area contributed by atoms with Gasteiger partial charge < -0.3 is 10.1 Å². The number of hydrogen-bond acceptors (Lipinski definition) is 4. The van der Waals surface area contributed by atoms with Crippen LogP contribution in [-0.2, 0) is 9.53 Å². The molecule has 0 aromatic carbocycles. The van der Waals surface area contributed by atoms with Crippen molar-refractivity contribution in [2.24, 2.45) is 5.41 Å². The van der Waals surface area contributed by atoms with E-state index in [9.17, 15) is 4.79 Å². The Hall–Kier alpha value is -1.72. The van der Waals surface area contributed by atoms with Crippen molar-refractivity contribution in [1.29, 1.82) is 0 Å². The van der Waals surface area contributed by atoms with Crippen LogP contribution in [0.5, 0.6) is 0 Å². The van der Waals surface area contributed by atoms with Gasteiger partial charge in [-0.05, 0) is 30.5 Å². The summed E-state index contributed by atoms with van der Waals surface area (Å²) in [5.74, 6) is -0.0178. The molecular formula is C20H29N3O2. The topological polar surface area (TPSA) is 54.5 Å². The molecule has 0 atom stereocenters. The van der Waals surface area contributed by atoms with Gasteiger partial charge in [0.15, 0.2) is 0 Å². The third-order valence-corrected chi connectivity index (χ3v) is 5.33. The number of carbonyl (C=O) groups is 1. The van der Waals surface area contributed by atoms with Crippen LogP contribution in [0.15, 0.2) is 30.6 Å². The number of nitrogens with one attached hydrogen (secondary N) is 1. The zero-order valence-electron chi connectivity index (χ0n) is 15.0. The first-order valence-electron chi connectivity index (χ1n) is 9.42. The Labute approximate surface area is 150 Å². The van der Waals surface area contributed by atoms with E-state index in [2.05, 4.69) is 15.2 Å². The summed E-state index contributed by atoms with van der Waals surface area (Å²) < 4.78 is 5.47. The molecule has 1 N–H and O–H groups in total. The lowest BCUT2D eigenvalue weighted by molar-refractivity contribution is -0.117. The molecule has 0 radical (unpaired) electrons. The van der Waals surface area contributed by atoms with Crippen LogP contribution in [0.2, 0.25) is 0 Å². The van der Waals surface area contributed by atoms with Gasteiger partial charge in [0.2, 0.25) is 5.91 Å². The minimum absolute atomic E-state index is 0.0178. The number of aromatic nitrogens is 1. The Morgan fingerprint density at radius 3 is 2.80 bits per heavy atom. The zero-order chi connectivity index (χ0) is 17.4. The van der Waals surface area contributed by atoms with Gasteiger partial charge in [0.05, 0.1) is 13.2 Å². The third-order valence-electron chi connectivity index (χ3n) is 5.33. The molecule has 2 fully saturated rings. The van der Waals surface area contributed by atoms with Gasteiger partial charge in [0.1, 0.15) is 0 Å². The molecule has 5 nitrogen and oxygen atoms in total. The van der Waals surface area contributed by atoms with Crippen molar-refractivity contribution in [3.63, 3.8) is 0 Å². The van der Waals surface area contributed by atoms with E-state index in [1.165, 1.54) is 32.1 Å². The van der Waals surface area contributed by atoms with E-state index in [0.29, 0.717) is 0 Å². The van der Waals surface area contributed by atoms with Gasteiger partial charge in [-0.3, -0.25) is 14.7 Å². The summed E-state index contributed by atoms with van der Waals surface area (Å²) in [5.41, 5.74) is 1.16. The number of morpholine rings is 1. The van der Waals surface area contributed by atoms with Crippen molar-refractivity contribution < 1.29 is 9.53 Å². The van der Waals surface area contributed by atoms with Gasteiger partial charge in [-0.1, -0.05) is 25.3 Å². The van der Waals surface area contributed by atoms with Gasteiger partial charge >= 0.3 is 0 Å². The van der Waals surface area contributed by atoms with Crippen LogP contribution in [0.1, 0.15) is 37.7 Å². The van der Waals surface area contributed by atoms with E-state index in [4.69, 9.17) is 4.74 Å². The fourth-order valence-electron chi connectivity index (χ4n) is 3.91. The minimum Gasteiger partial charge on any atom is -0.379 e. The second-order valence-corrected chi connectivity index (χ2v) is 7.29. The predicted molar refractivity (Wildman–Crippen MR) is 99.1 cm³/mol. The number of pyridine rings is 1. The number of ether oxygens (including phenoxy) is 1. The van der Waals surface area contributed by atoms with Crippen LogP contribution in [-0.4, -0.2) is 55.2 Å². The molecule has 136 valence electrons. The summed E-state index contributed by atoms with van der Waals surface area (Å²) in [6.45, 7) is 5.52. The second-order valence-electron chi connectivity index (χ2n) is 7.29. The number of carbonyl (C=O) groups excluding carboxylic acids is 1. The molecule has 1 aromatic heterocycles. The lowest BCUT2D eigenvalue weighted by Gasteiger charge is -2.42. The highest BCUT2D eigenvalue weighted by molar-refractivity contribution is 5.91. The SMILES string of the molecule is O=C(/C=C/c1cccnc1)NCC1(CN2CCOCC2)CCCCC1. The Bertz CT molecular complexity index is 562. The highest BCUT2D eigenvalue weighted by atomic mass is 16.5. The molecule has 5 heteroatoms. The van der Waals surface area contributed by atoms with Gasteiger partial charge in [0, 0.05) is 50.1 Å². The van der Waals surface area contributed by atoms with Gasteiger partial charge in [-0.25, -0.2) is 0 Å². The van der Waals surface area contributed by atoms with Crippen molar-refractivity contribution in [3.8, 4) is 0 Å². The van der Waals surface area contributed by atoms with E-state index in [0.717, 1.165) is 45.0 Å². The number of nitrogens with zero attached hydrogens (tertiary/aromatic N) is 2. The Balaban J connectivity index is 1.54. The van der Waals surface area contributed by atoms with E-state index in [1.54, 1.807) is 18.5 Å². The highest BCUT2D eigenvalue weighted by Crippen LogP contribution is 2.36. The monoisotopic (exact) mass is 343 g/mol. The van der Waals surface area contributed by atoms with Crippen molar-refractivity contribution >= 4 is 12.0 Å². The van der Waals surface area contributed by atoms with E-state index >= 15 is 0 Å². The summed E-state index contributed by atoms with van der Waals surface area (Å²) in [4.78, 5) is 18.8. The molecular weight excluding hydrogens is 314 g/mol. The molecule has 25 heavy (non-hydrogen) atoms. The average molecular weight is 343 g/mol. The molecule has 0 unspecified atom stereocenters. The Morgan fingerprint density at radius 1 is 1.28 bits per heavy atom. The van der Waals surface area contributed by atoms with Crippen LogP contribution in [0.4, 0.5) is 0 Å². The largest absolute Gasteiger partial charge is 0.379 e. The summed E-state index contributed by atoms with van der Waals surface area (Å²) >= 11 is 0. The standard InChI is InChI=1S/C20H29N3O2/c24-19(7-6-18-5-4-10-21-15-18)22-16-20(8-2-1-3-9-20)17-23-11-13-25-14-12-23/h4-7,10,15H,1-3,8-9,11-14,16-17H2,(H,22,24)/b7-6+. The Morgan fingerprint density at radius 2 is 2.08 bits per heavy atom. The lowest BCUT2D eigenvalue weighted by atomic mass is 9.73. The lowest BCUT2D eigenvalue weighted by Crippen LogP contribution is -2.49. The van der Waals surface area contributed by atoms with E-state index in [1.807, 2.05) is 18.2 Å². The number of amides is 1. The molecule has 1 amide bonds. The molecule has 1 aliphatic heterocycles. The fourth-order valence-corrected chi connectivity index (χ4v) is 3.91. The van der Waals surface area contributed by atoms with E-state index < -0.39 is 0 Å². The van der Waals surface area contributed by atoms with Crippen molar-refractivity contribution in [2.45, 2.75) is 32.1 Å². The summed E-state index contributed by atoms with van der Waals surface area (Å²) in [5, 5.41) is 3.15. The van der Waals surface area contributed by atoms with Crippen molar-refractivity contribution in [1.82, 2.24) is 15.2 Å². The van der Waals surface area contributed by atoms with Crippen LogP contribution in [0.25, 0.3) is 6.08 Å². The average Bonchev–Trinajstić information content (AvgIpc) is 2.67. The first kappa shape index (κ1) is 18.1. The molecule has 3 rings (SSSR count). The van der Waals surface area contributed by atoms with Crippen LogP contribution in [0, 0.1) is 5.41 Å².